The van der Waals surface area contributed by atoms with Gasteiger partial charge in [-0.05, 0) is 38.3 Å². The van der Waals surface area contributed by atoms with Crippen LogP contribution in [0.2, 0.25) is 0 Å². The van der Waals surface area contributed by atoms with Crippen molar-refractivity contribution in [1.29, 1.82) is 0 Å². The van der Waals surface area contributed by atoms with E-state index in [9.17, 15) is 28.8 Å². The number of likely N-dealkylation sites (tertiary alicyclic amines) is 1. The molecule has 1 aliphatic heterocycles. The number of ether oxygens (including phenoxy) is 1. The van der Waals surface area contributed by atoms with Crippen molar-refractivity contribution in [2.24, 2.45) is 0 Å². The molecule has 2 heterocycles. The molecule has 3 rings (SSSR count). The molecule has 252 valence electrons. The number of hydrogen-bond donors (Lipinski definition) is 5. The number of rotatable bonds is 14. The van der Waals surface area contributed by atoms with E-state index < -0.39 is 65.8 Å². The number of carbonyl (C=O) groups excluding carboxylic acids is 5. The summed E-state index contributed by atoms with van der Waals surface area (Å²) in [4.78, 5) is 80.9. The van der Waals surface area contributed by atoms with Crippen LogP contribution in [0.25, 0.3) is 10.9 Å². The molecule has 1 saturated heterocycles. The average molecular weight is 678 g/mol. The Morgan fingerprint density at radius 3 is 2.39 bits per heavy atom. The van der Waals surface area contributed by atoms with Crippen LogP contribution in [0.4, 0.5) is 0 Å². The summed E-state index contributed by atoms with van der Waals surface area (Å²) >= 11 is 0. The third-order valence-corrected chi connectivity index (χ3v) is 10.5. The number of nitrogens with one attached hydrogen (secondary N) is 4. The van der Waals surface area contributed by atoms with Crippen molar-refractivity contribution < 1.29 is 38.6 Å². The molecule has 0 spiro atoms. The monoisotopic (exact) mass is 677 g/mol. The van der Waals surface area contributed by atoms with Crippen molar-refractivity contribution >= 4 is 68.1 Å². The van der Waals surface area contributed by atoms with Crippen LogP contribution in [-0.2, 0) is 39.9 Å². The van der Waals surface area contributed by atoms with Crippen molar-refractivity contribution in [2.75, 3.05) is 12.3 Å². The second-order valence-electron chi connectivity index (χ2n) is 12.2. The molecule has 13 nitrogen and oxygen atoms in total. The van der Waals surface area contributed by atoms with Gasteiger partial charge in [-0.1, -0.05) is 60.6 Å². The van der Waals surface area contributed by atoms with Crippen molar-refractivity contribution in [2.45, 2.75) is 95.8 Å². The van der Waals surface area contributed by atoms with Gasteiger partial charge in [-0.25, -0.2) is 4.79 Å². The molecule has 0 radical (unpaired) electrons. The van der Waals surface area contributed by atoms with Crippen LogP contribution in [0.3, 0.4) is 0 Å². The Labute approximate surface area is 276 Å². The number of amides is 4. The normalized spacial score (nSPS) is 17.4. The summed E-state index contributed by atoms with van der Waals surface area (Å²) in [6, 6.07) is 3.43. The fourth-order valence-corrected chi connectivity index (χ4v) is 7.33. The fraction of sp³-hybridized carbons (Fsp3) is 0.548. The molecule has 1 aromatic carbocycles. The zero-order valence-corrected chi connectivity index (χ0v) is 28.5. The highest BCUT2D eigenvalue weighted by Gasteiger charge is 2.40. The summed E-state index contributed by atoms with van der Waals surface area (Å²) in [5, 5.41) is 17.7. The molecule has 5 N–H and O–H groups in total. The fourth-order valence-electron chi connectivity index (χ4n) is 4.88. The second-order valence-corrected chi connectivity index (χ2v) is 15.4. The Morgan fingerprint density at radius 1 is 1.04 bits per heavy atom. The molecule has 4 amide bonds. The van der Waals surface area contributed by atoms with Crippen LogP contribution in [-0.4, -0.2) is 97.9 Å². The summed E-state index contributed by atoms with van der Waals surface area (Å²) < 4.78 is 5.20. The number of hydrogen-bond acceptors (Lipinski definition) is 9. The van der Waals surface area contributed by atoms with Gasteiger partial charge in [0.05, 0.1) is 0 Å². The average Bonchev–Trinajstić information content (AvgIpc) is 3.62. The van der Waals surface area contributed by atoms with Crippen LogP contribution >= 0.6 is 21.6 Å². The van der Waals surface area contributed by atoms with E-state index in [0.29, 0.717) is 12.8 Å². The lowest BCUT2D eigenvalue weighted by molar-refractivity contribution is -0.162. The van der Waals surface area contributed by atoms with Gasteiger partial charge < -0.3 is 35.7 Å². The lowest BCUT2D eigenvalue weighted by Crippen LogP contribution is -2.57. The lowest BCUT2D eigenvalue weighted by atomic mass is 10.0. The van der Waals surface area contributed by atoms with Crippen LogP contribution in [0.1, 0.15) is 59.9 Å². The number of carbonyl (C=O) groups is 6. The van der Waals surface area contributed by atoms with E-state index in [1.807, 2.05) is 45.0 Å². The third kappa shape index (κ3) is 10.4. The maximum atomic E-state index is 14.0. The Hall–Kier alpha value is -3.72. The summed E-state index contributed by atoms with van der Waals surface area (Å²) in [6.45, 7) is 10.2. The molecule has 46 heavy (non-hydrogen) atoms. The lowest BCUT2D eigenvalue weighted by Gasteiger charge is -2.30. The number of carboxylic acids is 1. The second kappa shape index (κ2) is 16.2. The number of aromatic amines is 1. The van der Waals surface area contributed by atoms with Gasteiger partial charge in [-0.15, -0.1) is 0 Å². The van der Waals surface area contributed by atoms with E-state index in [4.69, 9.17) is 9.84 Å². The minimum absolute atomic E-state index is 0.134. The molecule has 0 aliphatic carbocycles. The van der Waals surface area contributed by atoms with Gasteiger partial charge in [0.1, 0.15) is 24.2 Å². The first kappa shape index (κ1) is 36.7. The van der Waals surface area contributed by atoms with Crippen LogP contribution in [0, 0.1) is 0 Å². The predicted octanol–water partition coefficient (Wildman–Crippen LogP) is 2.39. The Morgan fingerprint density at radius 2 is 1.74 bits per heavy atom. The number of esters is 1. The van der Waals surface area contributed by atoms with E-state index in [-0.39, 0.29) is 23.5 Å². The molecule has 1 aliphatic rings. The van der Waals surface area contributed by atoms with Crippen LogP contribution < -0.4 is 16.0 Å². The highest BCUT2D eigenvalue weighted by atomic mass is 33.1. The quantitative estimate of drug-likeness (QED) is 0.147. The maximum absolute atomic E-state index is 14.0. The van der Waals surface area contributed by atoms with Crippen LogP contribution in [0.5, 0.6) is 0 Å². The van der Waals surface area contributed by atoms with Crippen molar-refractivity contribution in [3.63, 3.8) is 0 Å². The summed E-state index contributed by atoms with van der Waals surface area (Å²) in [5.74, 6) is -4.06. The third-order valence-electron chi connectivity index (χ3n) is 7.15. The van der Waals surface area contributed by atoms with E-state index in [0.717, 1.165) is 16.5 Å². The Bertz CT molecular complexity index is 1440. The first-order valence-electron chi connectivity index (χ1n) is 15.0. The van der Waals surface area contributed by atoms with Crippen molar-refractivity contribution in [1.82, 2.24) is 25.8 Å². The molecule has 5 atom stereocenters. The van der Waals surface area contributed by atoms with Crippen LogP contribution in [0.15, 0.2) is 30.5 Å². The van der Waals surface area contributed by atoms with Gasteiger partial charge in [0.2, 0.25) is 17.7 Å². The molecular weight excluding hydrogens is 635 g/mol. The molecule has 0 saturated carbocycles. The largest absolute Gasteiger partial charge is 0.480 e. The topological polar surface area (TPSA) is 187 Å². The Balaban J connectivity index is 1.78. The zero-order valence-electron chi connectivity index (χ0n) is 26.9. The molecule has 15 heteroatoms. The standard InChI is InChI=1S/C31H43N5O8S2/c1-17(29(41)42)33-26(38)18(2)44-30(43)25-12-9-13-36(25)28(40)24(16-45-46-31(4,5)6)35-27(39)23(34-19(3)37)14-20-15-32-22-11-8-7-10-21(20)22/h7-8,10-11,15,17-18,23-25,32H,9,12-14,16H2,1-6H3,(H,33,38)(H,34,37)(H,35,39)(H,41,42)/t17-,18-,23-,24-,25?/m0/s1. The smallest absolute Gasteiger partial charge is 0.329 e. The SMILES string of the molecule is CC(=O)N[C@@H](Cc1c[nH]c2ccccc12)C(=O)N[C@@H](CSSC(C)(C)C)C(=O)N1CCCC1C(=O)O[C@@H](C)C(=O)N[C@@H](C)C(=O)O. The summed E-state index contributed by atoms with van der Waals surface area (Å²) in [6.07, 6.45) is 1.48. The number of carboxylic acid groups (broad SMARTS) is 1. The molecule has 2 aromatic rings. The number of aromatic nitrogens is 1. The van der Waals surface area contributed by atoms with E-state index in [2.05, 4.69) is 20.9 Å². The molecule has 0 bridgehead atoms. The number of benzene rings is 1. The van der Waals surface area contributed by atoms with Gasteiger partial charge in [0.25, 0.3) is 5.91 Å². The van der Waals surface area contributed by atoms with Gasteiger partial charge in [-0.2, -0.15) is 0 Å². The summed E-state index contributed by atoms with van der Waals surface area (Å²) in [7, 11) is 2.95. The minimum Gasteiger partial charge on any atom is -0.480 e. The predicted molar refractivity (Wildman–Crippen MR) is 177 cm³/mol. The first-order chi connectivity index (χ1) is 21.6. The molecular formula is C31H43N5O8S2. The number of H-pyrrole nitrogens is 1. The van der Waals surface area contributed by atoms with E-state index in [1.54, 1.807) is 17.0 Å². The van der Waals surface area contributed by atoms with Gasteiger partial charge >= 0.3 is 11.9 Å². The highest BCUT2D eigenvalue weighted by Crippen LogP contribution is 2.35. The Kier molecular flexibility index (Phi) is 12.9. The van der Waals surface area contributed by atoms with Gasteiger partial charge in [0, 0.05) is 47.5 Å². The number of fused-ring (bicyclic) bond motifs is 1. The summed E-state index contributed by atoms with van der Waals surface area (Å²) in [5.41, 5.74) is 1.71. The van der Waals surface area contributed by atoms with E-state index >= 15 is 0 Å². The van der Waals surface area contributed by atoms with Gasteiger partial charge in [0.15, 0.2) is 6.10 Å². The molecule has 1 unspecified atom stereocenters. The first-order valence-corrected chi connectivity index (χ1v) is 17.4. The number of aliphatic carboxylic acids is 1. The minimum atomic E-state index is -1.29. The highest BCUT2D eigenvalue weighted by molar-refractivity contribution is 8.77. The number of para-hydroxylation sites is 1. The van der Waals surface area contributed by atoms with Crippen molar-refractivity contribution in [3.05, 3.63) is 36.0 Å². The molecule has 1 fully saturated rings. The maximum Gasteiger partial charge on any atom is 0.329 e. The molecule has 1 aromatic heterocycles. The van der Waals surface area contributed by atoms with Crippen molar-refractivity contribution in [3.8, 4) is 0 Å². The number of nitrogens with zero attached hydrogens (tertiary/aromatic N) is 1. The zero-order chi connectivity index (χ0) is 34.2. The van der Waals surface area contributed by atoms with Gasteiger partial charge in [-0.3, -0.25) is 24.0 Å². The van der Waals surface area contributed by atoms with E-state index in [1.165, 1.54) is 36.5 Å².